The molecule has 0 aliphatic carbocycles. The van der Waals surface area contributed by atoms with Gasteiger partial charge >= 0.3 is 0 Å². The predicted molar refractivity (Wildman–Crippen MR) is 70.1 cm³/mol. The molecule has 74 valence electrons. The molecular formula is C10H10INOS. The molecule has 0 amide bonds. The highest BCUT2D eigenvalue weighted by Gasteiger charge is 2.08. The van der Waals surface area contributed by atoms with Crippen LogP contribution in [0.2, 0.25) is 0 Å². The van der Waals surface area contributed by atoms with Crippen LogP contribution in [0.4, 0.5) is 5.00 Å². The van der Waals surface area contributed by atoms with E-state index in [1.54, 1.807) is 11.3 Å². The smallest absolute Gasteiger partial charge is 0.141 e. The van der Waals surface area contributed by atoms with Crippen LogP contribution in [0.1, 0.15) is 6.92 Å². The first-order valence-electron chi connectivity index (χ1n) is 4.32. The summed E-state index contributed by atoms with van der Waals surface area (Å²) in [5.41, 5.74) is 5.77. The standard InChI is InChI=1S/C10H10INOS/c1-2-13-10-6-5-9(12)14-8(6)4-3-7(10)11/h3-5H,2,12H2,1H3. The van der Waals surface area contributed by atoms with E-state index in [1.165, 1.54) is 4.70 Å². The molecule has 0 spiro atoms. The minimum absolute atomic E-state index is 0.685. The summed E-state index contributed by atoms with van der Waals surface area (Å²) in [6.45, 7) is 2.68. The van der Waals surface area contributed by atoms with Crippen LogP contribution < -0.4 is 10.5 Å². The fourth-order valence-electron chi connectivity index (χ4n) is 1.37. The van der Waals surface area contributed by atoms with E-state index in [-0.39, 0.29) is 0 Å². The quantitative estimate of drug-likeness (QED) is 0.860. The monoisotopic (exact) mass is 319 g/mol. The first-order chi connectivity index (χ1) is 6.72. The van der Waals surface area contributed by atoms with Gasteiger partial charge in [0, 0.05) is 10.1 Å². The number of anilines is 1. The van der Waals surface area contributed by atoms with Gasteiger partial charge in [-0.05, 0) is 47.7 Å². The number of nitrogen functional groups attached to an aromatic ring is 1. The Morgan fingerprint density at radius 1 is 1.50 bits per heavy atom. The van der Waals surface area contributed by atoms with Crippen molar-refractivity contribution in [3.8, 4) is 5.75 Å². The lowest BCUT2D eigenvalue weighted by atomic mass is 10.2. The Labute approximate surface area is 100 Å². The third-order valence-electron chi connectivity index (χ3n) is 1.91. The number of hydrogen-bond donors (Lipinski definition) is 1. The number of benzene rings is 1. The summed E-state index contributed by atoms with van der Waals surface area (Å²) in [6, 6.07) is 6.12. The molecule has 2 rings (SSSR count). The van der Waals surface area contributed by atoms with Gasteiger partial charge in [0.05, 0.1) is 15.2 Å². The second kappa shape index (κ2) is 3.94. The third kappa shape index (κ3) is 1.68. The van der Waals surface area contributed by atoms with Crippen molar-refractivity contribution in [2.75, 3.05) is 12.3 Å². The van der Waals surface area contributed by atoms with Gasteiger partial charge in [-0.1, -0.05) is 0 Å². The molecule has 0 unspecified atom stereocenters. The first kappa shape index (κ1) is 10.0. The van der Waals surface area contributed by atoms with Crippen molar-refractivity contribution >= 4 is 49.0 Å². The normalized spacial score (nSPS) is 10.7. The van der Waals surface area contributed by atoms with E-state index in [9.17, 15) is 0 Å². The first-order valence-corrected chi connectivity index (χ1v) is 6.22. The molecule has 1 aromatic carbocycles. The minimum atomic E-state index is 0.685. The number of nitrogens with two attached hydrogens (primary N) is 1. The zero-order chi connectivity index (χ0) is 10.1. The molecule has 2 aromatic rings. The van der Waals surface area contributed by atoms with Crippen molar-refractivity contribution in [3.63, 3.8) is 0 Å². The largest absolute Gasteiger partial charge is 0.492 e. The van der Waals surface area contributed by atoms with Gasteiger partial charge in [-0.25, -0.2) is 0 Å². The van der Waals surface area contributed by atoms with Crippen LogP contribution in [0.3, 0.4) is 0 Å². The topological polar surface area (TPSA) is 35.2 Å². The van der Waals surface area contributed by atoms with Crippen molar-refractivity contribution < 1.29 is 4.74 Å². The Hall–Kier alpha value is -0.490. The Morgan fingerprint density at radius 2 is 2.29 bits per heavy atom. The molecular weight excluding hydrogens is 309 g/mol. The van der Waals surface area contributed by atoms with Gasteiger partial charge in [-0.2, -0.15) is 0 Å². The van der Waals surface area contributed by atoms with E-state index in [4.69, 9.17) is 10.5 Å². The number of rotatable bonds is 2. The highest BCUT2D eigenvalue weighted by molar-refractivity contribution is 14.1. The molecule has 0 fully saturated rings. The summed E-state index contributed by atoms with van der Waals surface area (Å²) >= 11 is 3.88. The fraction of sp³-hybridized carbons (Fsp3) is 0.200. The zero-order valence-corrected chi connectivity index (χ0v) is 10.7. The van der Waals surface area contributed by atoms with E-state index in [0.717, 1.165) is 19.7 Å². The molecule has 4 heteroatoms. The Kier molecular flexibility index (Phi) is 2.83. The van der Waals surface area contributed by atoms with E-state index in [1.807, 2.05) is 13.0 Å². The SMILES string of the molecule is CCOc1c(I)ccc2sc(N)cc12. The second-order valence-electron chi connectivity index (χ2n) is 2.87. The summed E-state index contributed by atoms with van der Waals surface area (Å²) < 4.78 is 7.93. The lowest BCUT2D eigenvalue weighted by Crippen LogP contribution is -1.93. The van der Waals surface area contributed by atoms with Gasteiger partial charge in [0.1, 0.15) is 5.75 Å². The Morgan fingerprint density at radius 3 is 3.00 bits per heavy atom. The van der Waals surface area contributed by atoms with E-state index < -0.39 is 0 Å². The Balaban J connectivity index is 2.68. The number of thiophene rings is 1. The molecule has 0 bridgehead atoms. The summed E-state index contributed by atoms with van der Waals surface area (Å²) in [5, 5.41) is 1.96. The van der Waals surface area contributed by atoms with E-state index >= 15 is 0 Å². The molecule has 2 N–H and O–H groups in total. The minimum Gasteiger partial charge on any atom is -0.492 e. The van der Waals surface area contributed by atoms with Crippen LogP contribution in [0, 0.1) is 3.57 Å². The number of fused-ring (bicyclic) bond motifs is 1. The number of hydrogen-bond acceptors (Lipinski definition) is 3. The van der Waals surface area contributed by atoms with Crippen LogP contribution in [0.25, 0.3) is 10.1 Å². The van der Waals surface area contributed by atoms with Gasteiger partial charge in [-0.3, -0.25) is 0 Å². The van der Waals surface area contributed by atoms with Gasteiger partial charge in [0.25, 0.3) is 0 Å². The highest BCUT2D eigenvalue weighted by atomic mass is 127. The summed E-state index contributed by atoms with van der Waals surface area (Å²) in [7, 11) is 0. The summed E-state index contributed by atoms with van der Waals surface area (Å²) in [5.74, 6) is 0.957. The van der Waals surface area contributed by atoms with Crippen molar-refractivity contribution in [2.24, 2.45) is 0 Å². The second-order valence-corrected chi connectivity index (χ2v) is 5.15. The van der Waals surface area contributed by atoms with Crippen LogP contribution >= 0.6 is 33.9 Å². The maximum atomic E-state index is 5.77. The molecule has 0 aliphatic heterocycles. The highest BCUT2D eigenvalue weighted by Crippen LogP contribution is 2.37. The maximum Gasteiger partial charge on any atom is 0.141 e. The van der Waals surface area contributed by atoms with E-state index in [0.29, 0.717) is 6.61 Å². The lowest BCUT2D eigenvalue weighted by molar-refractivity contribution is 0.342. The molecule has 1 heterocycles. The molecule has 0 aliphatic rings. The van der Waals surface area contributed by atoms with Gasteiger partial charge < -0.3 is 10.5 Å². The average molecular weight is 319 g/mol. The van der Waals surface area contributed by atoms with Gasteiger partial charge in [-0.15, -0.1) is 11.3 Å². The van der Waals surface area contributed by atoms with Crippen molar-refractivity contribution in [2.45, 2.75) is 6.92 Å². The molecule has 0 radical (unpaired) electrons. The van der Waals surface area contributed by atoms with Gasteiger partial charge in [0.15, 0.2) is 0 Å². The fourth-order valence-corrected chi connectivity index (χ4v) is 2.82. The van der Waals surface area contributed by atoms with Crippen LogP contribution in [0.5, 0.6) is 5.75 Å². The number of halogens is 1. The van der Waals surface area contributed by atoms with Crippen molar-refractivity contribution in [1.82, 2.24) is 0 Å². The maximum absolute atomic E-state index is 5.77. The van der Waals surface area contributed by atoms with Gasteiger partial charge in [0.2, 0.25) is 0 Å². The summed E-state index contributed by atoms with van der Waals surface area (Å²) in [6.07, 6.45) is 0. The van der Waals surface area contributed by atoms with Crippen molar-refractivity contribution in [3.05, 3.63) is 21.8 Å². The Bertz CT molecular complexity index is 466. The molecule has 0 saturated heterocycles. The number of ether oxygens (including phenoxy) is 1. The van der Waals surface area contributed by atoms with Crippen LogP contribution in [-0.2, 0) is 0 Å². The molecule has 1 aromatic heterocycles. The van der Waals surface area contributed by atoms with E-state index in [2.05, 4.69) is 34.7 Å². The molecule has 14 heavy (non-hydrogen) atoms. The molecule has 0 atom stereocenters. The summed E-state index contributed by atoms with van der Waals surface area (Å²) in [4.78, 5) is 0. The molecule has 2 nitrogen and oxygen atoms in total. The average Bonchev–Trinajstić information content (AvgIpc) is 2.51. The third-order valence-corrected chi connectivity index (χ3v) is 3.69. The van der Waals surface area contributed by atoms with Crippen molar-refractivity contribution in [1.29, 1.82) is 0 Å². The predicted octanol–water partition coefficient (Wildman–Crippen LogP) is 3.49. The lowest BCUT2D eigenvalue weighted by Gasteiger charge is -2.06. The molecule has 0 saturated carbocycles. The zero-order valence-electron chi connectivity index (χ0n) is 7.71. The van der Waals surface area contributed by atoms with Crippen LogP contribution in [-0.4, -0.2) is 6.61 Å². The van der Waals surface area contributed by atoms with Crippen LogP contribution in [0.15, 0.2) is 18.2 Å².